The summed E-state index contributed by atoms with van der Waals surface area (Å²) in [7, 11) is 0. The number of hydrogen-bond acceptors (Lipinski definition) is 2. The maximum Gasteiger partial charge on any atom is 0.151 e. The van der Waals surface area contributed by atoms with Crippen molar-refractivity contribution in [2.24, 2.45) is 5.41 Å². The number of halogens is 1. The quantitative estimate of drug-likeness (QED) is 0.738. The van der Waals surface area contributed by atoms with Crippen LogP contribution < -0.4 is 5.32 Å². The van der Waals surface area contributed by atoms with Crippen molar-refractivity contribution in [1.82, 2.24) is 15.3 Å². The molecule has 0 amide bonds. The Kier molecular flexibility index (Phi) is 6.16. The fourth-order valence-electron chi connectivity index (χ4n) is 1.70. The number of imidazole rings is 1. The highest BCUT2D eigenvalue weighted by molar-refractivity contribution is 6.30. The number of nitrogens with zero attached hydrogens (tertiary/aromatic N) is 1. The van der Waals surface area contributed by atoms with Gasteiger partial charge in [0.2, 0.25) is 0 Å². The molecule has 1 rings (SSSR count). The number of unbranched alkanes of at least 4 members (excludes halogenated alkanes) is 1. The summed E-state index contributed by atoms with van der Waals surface area (Å²) in [5.74, 6) is 1.01. The Bertz CT molecular complexity index is 352. The van der Waals surface area contributed by atoms with E-state index in [1.165, 1.54) is 6.42 Å². The summed E-state index contributed by atoms with van der Waals surface area (Å²) < 4.78 is 0. The van der Waals surface area contributed by atoms with E-state index in [2.05, 4.69) is 43.0 Å². The van der Waals surface area contributed by atoms with E-state index in [0.29, 0.717) is 10.6 Å². The minimum absolute atomic E-state index is 0.372. The van der Waals surface area contributed by atoms with Crippen molar-refractivity contribution in [3.63, 3.8) is 0 Å². The van der Waals surface area contributed by atoms with Gasteiger partial charge in [-0.15, -0.1) is 0 Å². The lowest BCUT2D eigenvalue weighted by Gasteiger charge is -2.17. The summed E-state index contributed by atoms with van der Waals surface area (Å²) in [5.41, 5.74) is 1.38. The molecule has 0 radical (unpaired) electrons. The van der Waals surface area contributed by atoms with E-state index in [-0.39, 0.29) is 0 Å². The van der Waals surface area contributed by atoms with Crippen molar-refractivity contribution in [3.8, 4) is 0 Å². The van der Waals surface area contributed by atoms with Crippen molar-refractivity contribution < 1.29 is 0 Å². The zero-order chi connectivity index (χ0) is 13.6. The van der Waals surface area contributed by atoms with Crippen LogP contribution in [0, 0.1) is 5.41 Å². The highest BCUT2D eigenvalue weighted by atomic mass is 35.5. The fourth-order valence-corrected chi connectivity index (χ4v) is 1.91. The van der Waals surface area contributed by atoms with Gasteiger partial charge in [-0.2, -0.15) is 0 Å². The smallest absolute Gasteiger partial charge is 0.151 e. The van der Waals surface area contributed by atoms with E-state index >= 15 is 0 Å². The lowest BCUT2D eigenvalue weighted by atomic mass is 9.92. The zero-order valence-electron chi connectivity index (χ0n) is 12.1. The van der Waals surface area contributed by atoms with Crippen LogP contribution in [-0.2, 0) is 13.0 Å². The minimum atomic E-state index is 0.372. The van der Waals surface area contributed by atoms with Gasteiger partial charge in [0.05, 0.1) is 5.69 Å². The second-order valence-corrected chi connectivity index (χ2v) is 6.40. The molecule has 0 unspecified atom stereocenters. The minimum Gasteiger partial charge on any atom is -0.344 e. The third-order valence-electron chi connectivity index (χ3n) is 2.90. The zero-order valence-corrected chi connectivity index (χ0v) is 12.8. The summed E-state index contributed by atoms with van der Waals surface area (Å²) in [4.78, 5) is 7.65. The Morgan fingerprint density at radius 2 is 2.06 bits per heavy atom. The molecule has 0 saturated heterocycles. The Labute approximate surface area is 116 Å². The fraction of sp³-hybridized carbons (Fsp3) is 0.786. The molecule has 0 aliphatic carbocycles. The molecule has 18 heavy (non-hydrogen) atoms. The van der Waals surface area contributed by atoms with Gasteiger partial charge in [0.25, 0.3) is 0 Å². The van der Waals surface area contributed by atoms with Crippen LogP contribution in [-0.4, -0.2) is 16.5 Å². The van der Waals surface area contributed by atoms with Crippen LogP contribution in [0.4, 0.5) is 0 Å². The number of nitrogens with one attached hydrogen (secondary N) is 2. The van der Waals surface area contributed by atoms with E-state index in [1.807, 2.05) is 0 Å². The summed E-state index contributed by atoms with van der Waals surface area (Å²) in [6.07, 6.45) is 4.47. The molecule has 104 valence electrons. The normalized spacial score (nSPS) is 12.1. The second-order valence-electron chi connectivity index (χ2n) is 6.04. The first-order valence-corrected chi connectivity index (χ1v) is 7.24. The third kappa shape index (κ3) is 5.87. The molecule has 0 bridgehead atoms. The number of aromatic amines is 1. The van der Waals surface area contributed by atoms with Crippen molar-refractivity contribution in [2.45, 2.75) is 59.9 Å². The first-order chi connectivity index (χ1) is 8.42. The van der Waals surface area contributed by atoms with Crippen LogP contribution >= 0.6 is 11.6 Å². The number of aryl methyl sites for hydroxylation is 1. The van der Waals surface area contributed by atoms with Crippen LogP contribution in [0.25, 0.3) is 0 Å². The van der Waals surface area contributed by atoms with Gasteiger partial charge in [-0.05, 0) is 24.8 Å². The molecule has 1 aromatic rings. The van der Waals surface area contributed by atoms with Gasteiger partial charge in [0.1, 0.15) is 5.82 Å². The molecule has 3 nitrogen and oxygen atoms in total. The van der Waals surface area contributed by atoms with E-state index in [1.54, 1.807) is 0 Å². The predicted octanol–water partition coefficient (Wildman–Crippen LogP) is 3.93. The molecule has 2 N–H and O–H groups in total. The predicted molar refractivity (Wildman–Crippen MR) is 78.0 cm³/mol. The van der Waals surface area contributed by atoms with Crippen molar-refractivity contribution >= 4 is 11.6 Å². The van der Waals surface area contributed by atoms with E-state index in [9.17, 15) is 0 Å². The van der Waals surface area contributed by atoms with Gasteiger partial charge in [-0.3, -0.25) is 0 Å². The molecule has 0 fully saturated rings. The molecule has 0 aliphatic heterocycles. The lowest BCUT2D eigenvalue weighted by molar-refractivity contribution is 0.366. The van der Waals surface area contributed by atoms with Crippen molar-refractivity contribution in [1.29, 1.82) is 0 Å². The van der Waals surface area contributed by atoms with Crippen LogP contribution in [0.3, 0.4) is 0 Å². The SMILES string of the molecule is CCCCc1nc(Cl)c(CNCCC(C)(C)C)[nH]1. The van der Waals surface area contributed by atoms with E-state index < -0.39 is 0 Å². The maximum atomic E-state index is 6.11. The number of H-pyrrole nitrogens is 1. The van der Waals surface area contributed by atoms with Gasteiger partial charge in [0, 0.05) is 13.0 Å². The van der Waals surface area contributed by atoms with Crippen LogP contribution in [0.1, 0.15) is 58.5 Å². The number of hydrogen-bond donors (Lipinski definition) is 2. The van der Waals surface area contributed by atoms with E-state index in [4.69, 9.17) is 11.6 Å². The van der Waals surface area contributed by atoms with Gasteiger partial charge < -0.3 is 10.3 Å². The molecule has 0 saturated carbocycles. The molecule has 0 aromatic carbocycles. The number of aromatic nitrogens is 2. The third-order valence-corrected chi connectivity index (χ3v) is 3.21. The monoisotopic (exact) mass is 271 g/mol. The first-order valence-electron chi connectivity index (χ1n) is 6.86. The molecule has 4 heteroatoms. The molecule has 0 spiro atoms. The van der Waals surface area contributed by atoms with Crippen molar-refractivity contribution in [2.75, 3.05) is 6.54 Å². The maximum absolute atomic E-state index is 6.11. The first kappa shape index (κ1) is 15.5. The van der Waals surface area contributed by atoms with Gasteiger partial charge >= 0.3 is 0 Å². The van der Waals surface area contributed by atoms with Crippen LogP contribution in [0.15, 0.2) is 0 Å². The topological polar surface area (TPSA) is 40.7 Å². The highest BCUT2D eigenvalue weighted by Gasteiger charge is 2.10. The highest BCUT2D eigenvalue weighted by Crippen LogP contribution is 2.18. The standard InChI is InChI=1S/C14H26ClN3/c1-5-6-7-12-17-11(13(15)18-12)10-16-9-8-14(2,3)4/h16H,5-10H2,1-4H3,(H,17,18). The Morgan fingerprint density at radius 3 is 2.67 bits per heavy atom. The molecule has 0 atom stereocenters. The van der Waals surface area contributed by atoms with Gasteiger partial charge in [-0.1, -0.05) is 45.7 Å². The van der Waals surface area contributed by atoms with Gasteiger partial charge in [0.15, 0.2) is 5.15 Å². The van der Waals surface area contributed by atoms with Crippen LogP contribution in [0.5, 0.6) is 0 Å². The molecule has 0 aliphatic rings. The van der Waals surface area contributed by atoms with E-state index in [0.717, 1.165) is 43.9 Å². The summed E-state index contributed by atoms with van der Waals surface area (Å²) >= 11 is 6.11. The molecular formula is C14H26ClN3. The Hall–Kier alpha value is -0.540. The lowest BCUT2D eigenvalue weighted by Crippen LogP contribution is -2.20. The summed E-state index contributed by atoms with van der Waals surface area (Å²) in [5, 5.41) is 4.03. The Balaban J connectivity index is 2.35. The largest absolute Gasteiger partial charge is 0.344 e. The molecular weight excluding hydrogens is 246 g/mol. The van der Waals surface area contributed by atoms with Gasteiger partial charge in [-0.25, -0.2) is 4.98 Å². The Morgan fingerprint density at radius 1 is 1.33 bits per heavy atom. The average molecular weight is 272 g/mol. The second kappa shape index (κ2) is 7.15. The van der Waals surface area contributed by atoms with Crippen LogP contribution in [0.2, 0.25) is 5.15 Å². The summed E-state index contributed by atoms with van der Waals surface area (Å²) in [6.45, 7) is 10.7. The molecule has 1 aromatic heterocycles. The van der Waals surface area contributed by atoms with Crippen molar-refractivity contribution in [3.05, 3.63) is 16.7 Å². The number of rotatable bonds is 7. The molecule has 1 heterocycles. The summed E-state index contributed by atoms with van der Waals surface area (Å²) in [6, 6.07) is 0. The average Bonchev–Trinajstić information content (AvgIpc) is 2.61.